The van der Waals surface area contributed by atoms with Crippen LogP contribution in [0, 0.1) is 5.82 Å². The van der Waals surface area contributed by atoms with E-state index in [0.717, 1.165) is 11.3 Å². The van der Waals surface area contributed by atoms with Crippen molar-refractivity contribution in [1.29, 1.82) is 0 Å². The zero-order valence-corrected chi connectivity index (χ0v) is 15.7. The Labute approximate surface area is 167 Å². The van der Waals surface area contributed by atoms with Gasteiger partial charge in [-0.25, -0.2) is 19.6 Å². The second-order valence-corrected chi connectivity index (χ2v) is 6.66. The number of halogens is 1. The van der Waals surface area contributed by atoms with Crippen molar-refractivity contribution in [3.05, 3.63) is 95.8 Å². The molecule has 3 aromatic rings. The summed E-state index contributed by atoms with van der Waals surface area (Å²) in [7, 11) is 1.87. The maximum Gasteiger partial charge on any atom is 0.338 e. The molecular weight excluding hydrogens is 371 g/mol. The van der Waals surface area contributed by atoms with Crippen molar-refractivity contribution < 1.29 is 14.0 Å². The number of nitrogens with zero attached hydrogens (tertiary/aromatic N) is 2. The van der Waals surface area contributed by atoms with Crippen LogP contribution < -0.4 is 15.6 Å². The average molecular weight is 390 g/mol. The first kappa shape index (κ1) is 18.5. The predicted octanol–water partition coefficient (Wildman–Crippen LogP) is 4.15. The highest BCUT2D eigenvalue weighted by Crippen LogP contribution is 2.36. The molecule has 0 aromatic heterocycles. The predicted molar refractivity (Wildman–Crippen MR) is 109 cm³/mol. The summed E-state index contributed by atoms with van der Waals surface area (Å²) in [6.45, 7) is 0. The topological polar surface area (TPSA) is 64.7 Å². The summed E-state index contributed by atoms with van der Waals surface area (Å²) in [6.07, 6.45) is -0.530. The summed E-state index contributed by atoms with van der Waals surface area (Å²) in [4.78, 5) is 27.7. The Morgan fingerprint density at radius 2 is 1.59 bits per heavy atom. The molecular formula is C22H19FN4O2. The minimum atomic E-state index is -0.598. The molecule has 4 rings (SSSR count). The number of hydrazine groups is 1. The molecule has 1 atom stereocenters. The maximum atomic E-state index is 13.2. The lowest BCUT2D eigenvalue weighted by molar-refractivity contribution is 0.0557. The highest BCUT2D eigenvalue weighted by Gasteiger charge is 2.37. The van der Waals surface area contributed by atoms with E-state index in [1.165, 1.54) is 29.3 Å². The lowest BCUT2D eigenvalue weighted by atomic mass is 10.0. The van der Waals surface area contributed by atoms with Crippen molar-refractivity contribution in [2.24, 2.45) is 0 Å². The SMILES string of the molecule is CN1c2ccccc2C(=O)N(NC(=O)Nc2ccc(F)cc2)C1c1ccccc1. The van der Waals surface area contributed by atoms with Gasteiger partial charge in [-0.15, -0.1) is 0 Å². The van der Waals surface area contributed by atoms with Gasteiger partial charge in [0.05, 0.1) is 11.3 Å². The monoisotopic (exact) mass is 390 g/mol. The number of anilines is 2. The number of nitrogens with one attached hydrogen (secondary N) is 2. The van der Waals surface area contributed by atoms with Gasteiger partial charge in [-0.1, -0.05) is 42.5 Å². The van der Waals surface area contributed by atoms with E-state index in [4.69, 9.17) is 0 Å². The van der Waals surface area contributed by atoms with Gasteiger partial charge in [-0.3, -0.25) is 4.79 Å². The zero-order valence-electron chi connectivity index (χ0n) is 15.7. The van der Waals surface area contributed by atoms with Gasteiger partial charge in [0, 0.05) is 12.7 Å². The van der Waals surface area contributed by atoms with Crippen molar-refractivity contribution >= 4 is 23.3 Å². The number of carbonyl (C=O) groups is 2. The molecule has 0 aliphatic carbocycles. The van der Waals surface area contributed by atoms with Crippen molar-refractivity contribution in [3.63, 3.8) is 0 Å². The number of benzene rings is 3. The fourth-order valence-corrected chi connectivity index (χ4v) is 3.42. The Bertz CT molecular complexity index is 1040. The molecule has 1 unspecified atom stereocenters. The maximum absolute atomic E-state index is 13.2. The normalized spacial score (nSPS) is 15.7. The van der Waals surface area contributed by atoms with Gasteiger partial charge in [0.2, 0.25) is 0 Å². The molecule has 6 nitrogen and oxygen atoms in total. The summed E-state index contributed by atoms with van der Waals surface area (Å²) in [5.74, 6) is -0.716. The van der Waals surface area contributed by atoms with Gasteiger partial charge >= 0.3 is 6.03 Å². The summed E-state index contributed by atoms with van der Waals surface area (Å²) in [6, 6.07) is 21.5. The van der Waals surface area contributed by atoms with Crippen molar-refractivity contribution in [1.82, 2.24) is 10.4 Å². The molecule has 0 fully saturated rings. The molecule has 0 spiro atoms. The van der Waals surface area contributed by atoms with E-state index in [1.54, 1.807) is 12.1 Å². The van der Waals surface area contributed by atoms with Crippen LogP contribution in [0.25, 0.3) is 0 Å². The van der Waals surface area contributed by atoms with E-state index in [2.05, 4.69) is 10.7 Å². The van der Waals surface area contributed by atoms with E-state index in [9.17, 15) is 14.0 Å². The number of hydrogen-bond donors (Lipinski definition) is 2. The van der Waals surface area contributed by atoms with E-state index < -0.39 is 18.0 Å². The molecule has 29 heavy (non-hydrogen) atoms. The smallest absolute Gasteiger partial charge is 0.338 e. The molecule has 1 aliphatic heterocycles. The van der Waals surface area contributed by atoms with Crippen LogP contribution in [-0.2, 0) is 0 Å². The fourth-order valence-electron chi connectivity index (χ4n) is 3.42. The van der Waals surface area contributed by atoms with Gasteiger partial charge in [0.1, 0.15) is 5.82 Å². The van der Waals surface area contributed by atoms with Crippen molar-refractivity contribution in [2.45, 2.75) is 6.17 Å². The van der Waals surface area contributed by atoms with Crippen LogP contribution in [0.15, 0.2) is 78.9 Å². The molecule has 0 saturated carbocycles. The Balaban J connectivity index is 1.65. The van der Waals surface area contributed by atoms with Crippen LogP contribution in [0.1, 0.15) is 22.1 Å². The number of carbonyl (C=O) groups excluding carboxylic acids is 2. The number of fused-ring (bicyclic) bond motifs is 1. The Morgan fingerprint density at radius 1 is 0.931 bits per heavy atom. The third-order valence-electron chi connectivity index (χ3n) is 4.77. The number of urea groups is 1. The minimum absolute atomic E-state index is 0.318. The summed E-state index contributed by atoms with van der Waals surface area (Å²) in [5.41, 5.74) is 5.18. The Hall–Kier alpha value is -3.87. The summed E-state index contributed by atoms with van der Waals surface area (Å²) in [5, 5.41) is 3.92. The largest absolute Gasteiger partial charge is 0.348 e. The highest BCUT2D eigenvalue weighted by atomic mass is 19.1. The molecule has 146 valence electrons. The molecule has 7 heteroatoms. The van der Waals surface area contributed by atoms with Crippen molar-refractivity contribution in [2.75, 3.05) is 17.3 Å². The van der Waals surface area contributed by atoms with Gasteiger partial charge in [0.25, 0.3) is 5.91 Å². The minimum Gasteiger partial charge on any atom is -0.348 e. The molecule has 0 radical (unpaired) electrons. The first-order chi connectivity index (χ1) is 14.0. The molecule has 3 amide bonds. The second-order valence-electron chi connectivity index (χ2n) is 6.66. The third-order valence-corrected chi connectivity index (χ3v) is 4.77. The van der Waals surface area contributed by atoms with E-state index in [-0.39, 0.29) is 5.91 Å². The number of rotatable bonds is 3. The van der Waals surface area contributed by atoms with Crippen LogP contribution in [0.3, 0.4) is 0 Å². The van der Waals surface area contributed by atoms with Crippen molar-refractivity contribution in [3.8, 4) is 0 Å². The van der Waals surface area contributed by atoms with Crippen LogP contribution in [0.5, 0.6) is 0 Å². The standard InChI is InChI=1S/C22H19FN4O2/c1-26-19-10-6-5-9-18(19)21(28)27(20(26)15-7-3-2-4-8-15)25-22(29)24-17-13-11-16(23)12-14-17/h2-14,20H,1H3,(H2,24,25,29). The highest BCUT2D eigenvalue weighted by molar-refractivity contribution is 6.03. The molecule has 3 aromatic carbocycles. The molecule has 0 saturated heterocycles. The van der Waals surface area contributed by atoms with Gasteiger partial charge in [0.15, 0.2) is 6.17 Å². The average Bonchev–Trinajstić information content (AvgIpc) is 2.74. The third kappa shape index (κ3) is 3.62. The summed E-state index contributed by atoms with van der Waals surface area (Å²) >= 11 is 0. The molecule has 2 N–H and O–H groups in total. The van der Waals surface area contributed by atoms with Crippen LogP contribution in [0.4, 0.5) is 20.6 Å². The van der Waals surface area contributed by atoms with Gasteiger partial charge in [-0.2, -0.15) is 0 Å². The van der Waals surface area contributed by atoms with E-state index in [1.807, 2.05) is 54.4 Å². The number of amides is 3. The first-order valence-corrected chi connectivity index (χ1v) is 9.08. The van der Waals surface area contributed by atoms with Crippen LogP contribution in [0.2, 0.25) is 0 Å². The van der Waals surface area contributed by atoms with E-state index in [0.29, 0.717) is 11.3 Å². The first-order valence-electron chi connectivity index (χ1n) is 9.08. The van der Waals surface area contributed by atoms with E-state index >= 15 is 0 Å². The summed E-state index contributed by atoms with van der Waals surface area (Å²) < 4.78 is 13.1. The lowest BCUT2D eigenvalue weighted by Crippen LogP contribution is -2.56. The fraction of sp³-hybridized carbons (Fsp3) is 0.0909. The molecule has 1 aliphatic rings. The molecule has 0 bridgehead atoms. The lowest BCUT2D eigenvalue weighted by Gasteiger charge is -2.43. The van der Waals surface area contributed by atoms with Gasteiger partial charge < -0.3 is 10.2 Å². The number of para-hydroxylation sites is 1. The van der Waals surface area contributed by atoms with Crippen LogP contribution in [-0.4, -0.2) is 24.0 Å². The quantitative estimate of drug-likeness (QED) is 0.706. The number of hydrogen-bond acceptors (Lipinski definition) is 3. The Morgan fingerprint density at radius 3 is 2.31 bits per heavy atom. The Kier molecular flexibility index (Phi) is 4.87. The van der Waals surface area contributed by atoms with Gasteiger partial charge in [-0.05, 0) is 42.0 Å². The molecule has 1 heterocycles. The van der Waals surface area contributed by atoms with Crippen LogP contribution >= 0.6 is 0 Å². The zero-order chi connectivity index (χ0) is 20.4. The second kappa shape index (κ2) is 7.63.